The Morgan fingerprint density at radius 3 is 2.75 bits per heavy atom. The number of nitrogens with two attached hydrogens (primary N) is 1. The second-order valence-corrected chi connectivity index (χ2v) is 6.07. The van der Waals surface area contributed by atoms with Gasteiger partial charge in [-0.15, -0.1) is 5.10 Å². The number of aliphatic hydroxyl groups excluding tert-OH is 1. The van der Waals surface area contributed by atoms with Crippen molar-refractivity contribution in [2.75, 3.05) is 0 Å². The molecule has 4 N–H and O–H groups in total. The molecular weight excluding hydrogens is 314 g/mol. The van der Waals surface area contributed by atoms with Crippen LogP contribution >= 0.6 is 0 Å². The summed E-state index contributed by atoms with van der Waals surface area (Å²) >= 11 is 0. The number of H-pyrrole nitrogens is 1. The van der Waals surface area contributed by atoms with Gasteiger partial charge in [0, 0.05) is 23.3 Å². The second-order valence-electron chi connectivity index (χ2n) is 6.07. The molecule has 24 heavy (non-hydrogen) atoms. The Balaban J connectivity index is 2.05. The Morgan fingerprint density at radius 2 is 2.12 bits per heavy atom. The summed E-state index contributed by atoms with van der Waals surface area (Å²) in [6.45, 7) is 3.44. The number of hydrogen-bond donors (Lipinski definition) is 3. The minimum absolute atomic E-state index is 0.131. The van der Waals surface area contributed by atoms with Gasteiger partial charge in [0.15, 0.2) is 6.10 Å². The summed E-state index contributed by atoms with van der Waals surface area (Å²) in [4.78, 5) is 22.5. The molecule has 0 bridgehead atoms. The number of hydrogen-bond acceptors (Lipinski definition) is 6. The molecule has 0 saturated heterocycles. The third kappa shape index (κ3) is 2.83. The number of nitrogens with one attached hydrogen (secondary N) is 1. The van der Waals surface area contributed by atoms with Crippen LogP contribution in [0.3, 0.4) is 0 Å². The molecule has 1 aliphatic rings. The van der Waals surface area contributed by atoms with Crippen molar-refractivity contribution in [2.45, 2.75) is 31.7 Å². The van der Waals surface area contributed by atoms with Gasteiger partial charge in [0.05, 0.1) is 0 Å². The Hall–Kier alpha value is -2.87. The van der Waals surface area contributed by atoms with Crippen molar-refractivity contribution in [3.8, 4) is 11.6 Å². The van der Waals surface area contributed by atoms with Crippen LogP contribution in [0.25, 0.3) is 0 Å². The number of aromatic nitrogens is 2. The van der Waals surface area contributed by atoms with Gasteiger partial charge >= 0.3 is 0 Å². The number of nitrogens with zero attached hydrogens (tertiary/aromatic N) is 1. The molecule has 2 heterocycles. The van der Waals surface area contributed by atoms with Crippen LogP contribution in [0.2, 0.25) is 0 Å². The zero-order chi connectivity index (χ0) is 17.5. The molecule has 2 atom stereocenters. The molecule has 0 radical (unpaired) electrons. The number of ether oxygens (including phenoxy) is 2. The first kappa shape index (κ1) is 16.0. The lowest BCUT2D eigenvalue weighted by atomic mass is 9.87. The lowest BCUT2D eigenvalue weighted by Gasteiger charge is -2.41. The first-order valence-corrected chi connectivity index (χ1v) is 7.31. The van der Waals surface area contributed by atoms with Gasteiger partial charge in [0.25, 0.3) is 5.56 Å². The quantitative estimate of drug-likeness (QED) is 0.752. The Kier molecular flexibility index (Phi) is 3.76. The topological polar surface area (TPSA) is 128 Å². The smallest absolute Gasteiger partial charge is 0.264 e. The predicted molar refractivity (Wildman–Crippen MR) is 83.9 cm³/mol. The number of aromatic amines is 1. The molecule has 2 aromatic rings. The maximum absolute atomic E-state index is 11.4. The molecule has 1 aromatic heterocycles. The van der Waals surface area contributed by atoms with Crippen LogP contribution < -0.4 is 20.8 Å². The summed E-state index contributed by atoms with van der Waals surface area (Å²) in [5, 5.41) is 16.7. The fourth-order valence-corrected chi connectivity index (χ4v) is 2.55. The summed E-state index contributed by atoms with van der Waals surface area (Å²) in [6, 6.07) is 7.34. The van der Waals surface area contributed by atoms with Gasteiger partial charge in [-0.05, 0) is 32.0 Å². The van der Waals surface area contributed by atoms with Crippen LogP contribution in [-0.2, 0) is 0 Å². The third-order valence-corrected chi connectivity index (χ3v) is 3.87. The molecule has 0 spiro atoms. The van der Waals surface area contributed by atoms with Crippen molar-refractivity contribution >= 4 is 5.91 Å². The van der Waals surface area contributed by atoms with Gasteiger partial charge in [0.1, 0.15) is 17.5 Å². The zero-order valence-electron chi connectivity index (χ0n) is 13.1. The number of benzene rings is 1. The molecule has 1 aliphatic heterocycles. The van der Waals surface area contributed by atoms with E-state index in [0.717, 1.165) is 0 Å². The number of fused-ring (bicyclic) bond motifs is 1. The van der Waals surface area contributed by atoms with E-state index in [4.69, 9.17) is 15.2 Å². The third-order valence-electron chi connectivity index (χ3n) is 3.87. The van der Waals surface area contributed by atoms with E-state index in [-0.39, 0.29) is 17.0 Å². The largest absolute Gasteiger partial charge is 0.485 e. The molecule has 0 saturated carbocycles. The zero-order valence-corrected chi connectivity index (χ0v) is 13.1. The van der Waals surface area contributed by atoms with Gasteiger partial charge < -0.3 is 20.3 Å². The van der Waals surface area contributed by atoms with Crippen molar-refractivity contribution in [1.82, 2.24) is 10.2 Å². The second kappa shape index (κ2) is 5.64. The molecule has 1 aromatic carbocycles. The van der Waals surface area contributed by atoms with Crippen molar-refractivity contribution in [3.05, 3.63) is 51.8 Å². The first-order valence-electron chi connectivity index (χ1n) is 7.31. The number of amides is 1. The van der Waals surface area contributed by atoms with Crippen LogP contribution in [0.4, 0.5) is 0 Å². The summed E-state index contributed by atoms with van der Waals surface area (Å²) < 4.78 is 11.5. The van der Waals surface area contributed by atoms with E-state index in [1.165, 1.54) is 18.2 Å². The van der Waals surface area contributed by atoms with Gasteiger partial charge in [-0.2, -0.15) is 0 Å². The van der Waals surface area contributed by atoms with Crippen LogP contribution in [-0.4, -0.2) is 32.9 Å². The first-order chi connectivity index (χ1) is 11.3. The van der Waals surface area contributed by atoms with Crippen LogP contribution in [0.5, 0.6) is 11.6 Å². The molecular formula is C16H17N3O5. The fourth-order valence-electron chi connectivity index (χ4n) is 2.55. The highest BCUT2D eigenvalue weighted by Gasteiger charge is 2.44. The maximum atomic E-state index is 11.4. The fraction of sp³-hybridized carbons (Fsp3) is 0.312. The van der Waals surface area contributed by atoms with E-state index in [9.17, 15) is 14.7 Å². The molecule has 0 fully saturated rings. The van der Waals surface area contributed by atoms with Crippen LogP contribution in [0, 0.1) is 0 Å². The molecule has 2 unspecified atom stereocenters. The normalized spacial score (nSPS) is 21.5. The van der Waals surface area contributed by atoms with Gasteiger partial charge in [-0.25, -0.2) is 5.10 Å². The Morgan fingerprint density at radius 1 is 1.38 bits per heavy atom. The van der Waals surface area contributed by atoms with Crippen molar-refractivity contribution < 1.29 is 19.4 Å². The van der Waals surface area contributed by atoms with Gasteiger partial charge in [-0.1, -0.05) is 0 Å². The van der Waals surface area contributed by atoms with Gasteiger partial charge in [0.2, 0.25) is 11.8 Å². The van der Waals surface area contributed by atoms with Crippen LogP contribution in [0.1, 0.15) is 35.9 Å². The summed E-state index contributed by atoms with van der Waals surface area (Å²) in [5.74, 6) is 0.00884. The molecule has 8 nitrogen and oxygen atoms in total. The maximum Gasteiger partial charge on any atom is 0.264 e. The highest BCUT2D eigenvalue weighted by atomic mass is 16.5. The number of aliphatic hydroxyl groups is 1. The standard InChI is InChI=1S/C16H17N3O5/c1-16(2)14(21)13(23-12-6-5-11(20)18-19-12)9-7-8(15(17)22)3-4-10(9)24-16/h3-7,13-14,21H,1-2H3,(H2,17,22)(H,18,20). The van der Waals surface area contributed by atoms with E-state index in [1.54, 1.807) is 26.0 Å². The predicted octanol–water partition coefficient (Wildman–Crippen LogP) is 0.521. The number of rotatable bonds is 3. The van der Waals surface area contributed by atoms with Crippen LogP contribution in [0.15, 0.2) is 35.1 Å². The Bertz CT molecular complexity index is 825. The molecule has 0 aliphatic carbocycles. The van der Waals surface area contributed by atoms with E-state index in [0.29, 0.717) is 11.3 Å². The van der Waals surface area contributed by atoms with E-state index in [1.807, 2.05) is 0 Å². The SMILES string of the molecule is CC1(C)Oc2ccc(C(N)=O)cc2C(Oc2ccc(=O)[nH]n2)C1O. The van der Waals surface area contributed by atoms with Gasteiger partial charge in [-0.3, -0.25) is 9.59 Å². The minimum Gasteiger partial charge on any atom is -0.485 e. The highest BCUT2D eigenvalue weighted by Crippen LogP contribution is 2.42. The number of carbonyl (C=O) groups is 1. The van der Waals surface area contributed by atoms with E-state index in [2.05, 4.69) is 10.2 Å². The van der Waals surface area contributed by atoms with E-state index < -0.39 is 23.7 Å². The summed E-state index contributed by atoms with van der Waals surface area (Å²) in [5.41, 5.74) is 4.77. The molecule has 8 heteroatoms. The average Bonchev–Trinajstić information content (AvgIpc) is 2.53. The number of primary amides is 1. The van der Waals surface area contributed by atoms with Crippen molar-refractivity contribution in [2.24, 2.45) is 5.73 Å². The van der Waals surface area contributed by atoms with Crippen molar-refractivity contribution in [3.63, 3.8) is 0 Å². The number of carbonyl (C=O) groups excluding carboxylic acids is 1. The molecule has 126 valence electrons. The molecule has 1 amide bonds. The average molecular weight is 331 g/mol. The van der Waals surface area contributed by atoms with Crippen molar-refractivity contribution in [1.29, 1.82) is 0 Å². The Labute approximate surface area is 137 Å². The lowest BCUT2D eigenvalue weighted by Crippen LogP contribution is -2.50. The molecule has 3 rings (SSSR count). The highest BCUT2D eigenvalue weighted by molar-refractivity contribution is 5.93. The van der Waals surface area contributed by atoms with E-state index >= 15 is 0 Å². The monoisotopic (exact) mass is 331 g/mol. The minimum atomic E-state index is -1.04. The lowest BCUT2D eigenvalue weighted by molar-refractivity contribution is -0.104. The summed E-state index contributed by atoms with van der Waals surface area (Å²) in [6.07, 6.45) is -1.89. The summed E-state index contributed by atoms with van der Waals surface area (Å²) in [7, 11) is 0.